The number of carbonyl (C=O) groups excluding carboxylic acids is 1. The minimum atomic E-state index is -1.09. The molecule has 1 aliphatic heterocycles. The number of hydrogen-bond acceptors (Lipinski definition) is 3. The Hall–Kier alpha value is -0.810. The summed E-state index contributed by atoms with van der Waals surface area (Å²) in [6.45, 7) is 2.75. The lowest BCUT2D eigenvalue weighted by atomic mass is 10.0. The first-order valence-electron chi connectivity index (χ1n) is 4.50. The summed E-state index contributed by atoms with van der Waals surface area (Å²) in [5.41, 5.74) is 0. The smallest absolute Gasteiger partial charge is 0.408 e. The molecule has 0 aromatic heterocycles. The van der Waals surface area contributed by atoms with Crippen LogP contribution in [-0.2, 0) is 4.79 Å². The molecule has 0 aromatic carbocycles. The second-order valence-electron chi connectivity index (χ2n) is 3.19. The van der Waals surface area contributed by atoms with E-state index in [4.69, 9.17) is 16.7 Å². The van der Waals surface area contributed by atoms with Crippen molar-refractivity contribution in [3.8, 4) is 0 Å². The number of amides is 1. The van der Waals surface area contributed by atoms with Crippen LogP contribution >= 0.6 is 11.6 Å². The summed E-state index contributed by atoms with van der Waals surface area (Å²) < 4.78 is 0. The van der Waals surface area contributed by atoms with E-state index in [2.05, 4.69) is 5.32 Å². The number of rotatable bonds is 2. The Morgan fingerprint density at radius 3 is 2.71 bits per heavy atom. The van der Waals surface area contributed by atoms with E-state index < -0.39 is 17.4 Å². The topological polar surface area (TPSA) is 69.6 Å². The van der Waals surface area contributed by atoms with Gasteiger partial charge in [-0.1, -0.05) is 6.92 Å². The summed E-state index contributed by atoms with van der Waals surface area (Å²) in [6, 6.07) is -0.933. The normalized spacial score (nSPS) is 27.4. The molecule has 0 saturated carbocycles. The van der Waals surface area contributed by atoms with Crippen LogP contribution in [0.5, 0.6) is 0 Å². The minimum Gasteiger partial charge on any atom is -0.465 e. The van der Waals surface area contributed by atoms with E-state index in [-0.39, 0.29) is 6.04 Å². The van der Waals surface area contributed by atoms with Crippen LogP contribution in [-0.4, -0.2) is 46.5 Å². The molecule has 1 rings (SSSR count). The molecule has 5 nitrogen and oxygen atoms in total. The molecule has 1 aliphatic rings. The monoisotopic (exact) mass is 220 g/mol. The molecule has 1 fully saturated rings. The predicted molar refractivity (Wildman–Crippen MR) is 51.5 cm³/mol. The third-order valence-electron chi connectivity index (χ3n) is 2.39. The van der Waals surface area contributed by atoms with Crippen molar-refractivity contribution in [1.29, 1.82) is 0 Å². The highest BCUT2D eigenvalue weighted by atomic mass is 35.5. The van der Waals surface area contributed by atoms with Crippen LogP contribution in [0.1, 0.15) is 13.3 Å². The fourth-order valence-electron chi connectivity index (χ4n) is 1.70. The van der Waals surface area contributed by atoms with Crippen molar-refractivity contribution in [2.75, 3.05) is 13.1 Å². The van der Waals surface area contributed by atoms with Gasteiger partial charge < -0.3 is 10.4 Å². The largest absolute Gasteiger partial charge is 0.465 e. The second-order valence-corrected chi connectivity index (χ2v) is 3.57. The van der Waals surface area contributed by atoms with Gasteiger partial charge in [0.2, 0.25) is 5.24 Å². The van der Waals surface area contributed by atoms with Crippen LogP contribution in [0.3, 0.4) is 0 Å². The first kappa shape index (κ1) is 11.3. The maximum atomic E-state index is 11.1. The fourth-order valence-corrected chi connectivity index (χ4v) is 1.97. The maximum Gasteiger partial charge on any atom is 0.408 e. The number of hydrogen-bond donors (Lipinski definition) is 2. The molecule has 1 amide bonds. The van der Waals surface area contributed by atoms with E-state index in [9.17, 15) is 9.59 Å². The summed E-state index contributed by atoms with van der Waals surface area (Å²) in [4.78, 5) is 23.0. The van der Waals surface area contributed by atoms with Gasteiger partial charge in [-0.05, 0) is 18.0 Å². The fraction of sp³-hybridized carbons (Fsp3) is 0.750. The third kappa shape index (κ3) is 2.16. The average Bonchev–Trinajstić information content (AvgIpc) is 2.16. The van der Waals surface area contributed by atoms with Gasteiger partial charge in [-0.2, -0.15) is 0 Å². The zero-order chi connectivity index (χ0) is 10.7. The van der Waals surface area contributed by atoms with E-state index in [0.717, 1.165) is 4.90 Å². The molecule has 2 N–H and O–H groups in total. The van der Waals surface area contributed by atoms with Crippen molar-refractivity contribution in [3.63, 3.8) is 0 Å². The van der Waals surface area contributed by atoms with Crippen LogP contribution < -0.4 is 5.32 Å². The first-order valence-corrected chi connectivity index (χ1v) is 4.88. The second kappa shape index (κ2) is 4.61. The lowest BCUT2D eigenvalue weighted by Gasteiger charge is -2.37. The van der Waals surface area contributed by atoms with Gasteiger partial charge >= 0.3 is 6.09 Å². The van der Waals surface area contributed by atoms with Gasteiger partial charge in [0.25, 0.3) is 0 Å². The first-order chi connectivity index (χ1) is 6.57. The van der Waals surface area contributed by atoms with Gasteiger partial charge in [-0.15, -0.1) is 0 Å². The van der Waals surface area contributed by atoms with Crippen molar-refractivity contribution in [1.82, 2.24) is 10.2 Å². The van der Waals surface area contributed by atoms with Crippen molar-refractivity contribution >= 4 is 22.9 Å². The van der Waals surface area contributed by atoms with Gasteiger partial charge in [0, 0.05) is 19.1 Å². The molecule has 0 spiro atoms. The number of halogens is 1. The molecule has 6 heteroatoms. The lowest BCUT2D eigenvalue weighted by molar-refractivity contribution is -0.117. The number of carbonyl (C=O) groups is 2. The molecular weight excluding hydrogens is 208 g/mol. The number of carboxylic acid groups (broad SMARTS) is 1. The Bertz CT molecular complexity index is 247. The number of nitrogens with one attached hydrogen (secondary N) is 1. The van der Waals surface area contributed by atoms with Crippen LogP contribution in [0.4, 0.5) is 4.79 Å². The molecule has 2 unspecified atom stereocenters. The lowest BCUT2D eigenvalue weighted by Crippen LogP contribution is -2.61. The number of piperazine rings is 1. The minimum absolute atomic E-state index is 0.176. The molecule has 0 bridgehead atoms. The van der Waals surface area contributed by atoms with E-state index in [0.29, 0.717) is 19.5 Å². The van der Waals surface area contributed by atoms with Crippen molar-refractivity contribution in [2.45, 2.75) is 25.4 Å². The molecular formula is C8H13ClN2O3. The summed E-state index contributed by atoms with van der Waals surface area (Å²) in [6.07, 6.45) is -0.420. The van der Waals surface area contributed by atoms with Crippen LogP contribution in [0.15, 0.2) is 0 Å². The van der Waals surface area contributed by atoms with E-state index in [1.807, 2.05) is 6.92 Å². The van der Waals surface area contributed by atoms with E-state index >= 15 is 0 Å². The zero-order valence-corrected chi connectivity index (χ0v) is 8.62. The summed E-state index contributed by atoms with van der Waals surface area (Å²) >= 11 is 5.38. The van der Waals surface area contributed by atoms with Crippen LogP contribution in [0.2, 0.25) is 0 Å². The van der Waals surface area contributed by atoms with Gasteiger partial charge in [0.1, 0.15) is 6.04 Å². The molecule has 0 aromatic rings. The molecule has 1 saturated heterocycles. The van der Waals surface area contributed by atoms with E-state index in [1.165, 1.54) is 0 Å². The predicted octanol–water partition coefficient (Wildman–Crippen LogP) is 0.482. The Morgan fingerprint density at radius 1 is 1.64 bits per heavy atom. The number of nitrogens with zero attached hydrogens (tertiary/aromatic N) is 1. The highest BCUT2D eigenvalue weighted by Crippen LogP contribution is 2.15. The Morgan fingerprint density at radius 2 is 2.29 bits per heavy atom. The highest BCUT2D eigenvalue weighted by molar-refractivity contribution is 6.65. The SMILES string of the molecule is CCC1NCCN(C(=O)O)C1C(=O)Cl. The molecule has 14 heavy (non-hydrogen) atoms. The standard InChI is InChI=1S/C8H13ClN2O3/c1-2-5-6(7(9)12)11(8(13)14)4-3-10-5/h5-6,10H,2-4H2,1H3,(H,13,14). The van der Waals surface area contributed by atoms with Crippen molar-refractivity contribution in [3.05, 3.63) is 0 Å². The summed E-state index contributed by atoms with van der Waals surface area (Å²) in [7, 11) is 0. The quantitative estimate of drug-likeness (QED) is 0.665. The Kier molecular flexibility index (Phi) is 3.71. The molecule has 80 valence electrons. The highest BCUT2D eigenvalue weighted by Gasteiger charge is 2.37. The molecule has 0 aliphatic carbocycles. The van der Waals surface area contributed by atoms with E-state index in [1.54, 1.807) is 0 Å². The summed E-state index contributed by atoms with van der Waals surface area (Å²) in [5.74, 6) is 0. The van der Waals surface area contributed by atoms with Gasteiger partial charge in [-0.25, -0.2) is 4.79 Å². The molecule has 2 atom stereocenters. The Labute approximate surface area is 87.0 Å². The third-order valence-corrected chi connectivity index (χ3v) is 2.62. The van der Waals surface area contributed by atoms with Crippen molar-refractivity contribution < 1.29 is 14.7 Å². The van der Waals surface area contributed by atoms with Crippen LogP contribution in [0.25, 0.3) is 0 Å². The summed E-state index contributed by atoms with van der Waals surface area (Å²) in [5, 5.41) is 11.3. The van der Waals surface area contributed by atoms with Crippen molar-refractivity contribution in [2.24, 2.45) is 0 Å². The maximum absolute atomic E-state index is 11.1. The van der Waals surface area contributed by atoms with Crippen LogP contribution in [0, 0.1) is 0 Å². The van der Waals surface area contributed by atoms with Gasteiger partial charge in [-0.3, -0.25) is 9.69 Å². The molecule has 1 heterocycles. The average molecular weight is 221 g/mol. The zero-order valence-electron chi connectivity index (χ0n) is 7.86. The molecule has 0 radical (unpaired) electrons. The van der Waals surface area contributed by atoms with Gasteiger partial charge in [0.15, 0.2) is 0 Å². The van der Waals surface area contributed by atoms with Gasteiger partial charge in [0.05, 0.1) is 0 Å². The Balaban J connectivity index is 2.83.